The minimum Gasteiger partial charge on any atom is -0.480 e. The van der Waals surface area contributed by atoms with Gasteiger partial charge in [0, 0.05) is 0 Å². The molecule has 2 N–H and O–H groups in total. The maximum Gasteiger partial charge on any atom is 0.317 e. The van der Waals surface area contributed by atoms with E-state index in [1.54, 1.807) is 60.7 Å². The third kappa shape index (κ3) is 3.82. The van der Waals surface area contributed by atoms with Crippen LogP contribution in [0.3, 0.4) is 0 Å². The zero-order valence-corrected chi connectivity index (χ0v) is 14.8. The number of hydrogen-bond donors (Lipinski definition) is 2. The van der Waals surface area contributed by atoms with Crippen molar-refractivity contribution >= 4 is 17.7 Å². The van der Waals surface area contributed by atoms with Gasteiger partial charge < -0.3 is 10.2 Å². The molecular weight excluding hydrogens is 332 g/mol. The minimum atomic E-state index is -1.84. The average Bonchev–Trinajstić information content (AvgIpc) is 2.62. The molecular formula is C21H22O5. The number of aliphatic carboxylic acids is 2. The van der Waals surface area contributed by atoms with Crippen LogP contribution in [0, 0.1) is 10.8 Å². The summed E-state index contributed by atoms with van der Waals surface area (Å²) < 4.78 is 0. The van der Waals surface area contributed by atoms with E-state index in [2.05, 4.69) is 0 Å². The van der Waals surface area contributed by atoms with Crippen molar-refractivity contribution in [3.63, 3.8) is 0 Å². The van der Waals surface area contributed by atoms with Crippen LogP contribution in [0.15, 0.2) is 60.7 Å². The second-order valence-corrected chi connectivity index (χ2v) is 6.93. The van der Waals surface area contributed by atoms with Gasteiger partial charge in [0.05, 0.1) is 0 Å². The Morgan fingerprint density at radius 1 is 0.692 bits per heavy atom. The van der Waals surface area contributed by atoms with E-state index in [1.165, 1.54) is 13.8 Å². The van der Waals surface area contributed by atoms with Crippen molar-refractivity contribution < 1.29 is 24.6 Å². The number of benzene rings is 2. The van der Waals surface area contributed by atoms with Gasteiger partial charge in [-0.15, -0.1) is 0 Å². The zero-order chi connectivity index (χ0) is 19.4. The van der Waals surface area contributed by atoms with Crippen molar-refractivity contribution in [2.24, 2.45) is 10.8 Å². The normalized spacial score (nSPS) is 15.5. The number of rotatable bonds is 8. The first kappa shape index (κ1) is 19.4. The van der Waals surface area contributed by atoms with E-state index in [1.807, 2.05) is 0 Å². The molecule has 0 aliphatic heterocycles. The lowest BCUT2D eigenvalue weighted by molar-refractivity contribution is -0.164. The van der Waals surface area contributed by atoms with Crippen molar-refractivity contribution in [1.82, 2.24) is 0 Å². The summed E-state index contributed by atoms with van der Waals surface area (Å²) in [5, 5.41) is 19.5. The SMILES string of the molecule is CC(Cc1ccccc1)(C(=O)O)C(=O)C(C)(Cc1ccccc1)C(=O)O. The highest BCUT2D eigenvalue weighted by Crippen LogP contribution is 2.36. The fraction of sp³-hybridized carbons (Fsp3) is 0.286. The van der Waals surface area contributed by atoms with E-state index in [-0.39, 0.29) is 12.8 Å². The van der Waals surface area contributed by atoms with Gasteiger partial charge in [0.25, 0.3) is 0 Å². The number of Topliss-reactive ketones (excluding diaryl/α,β-unsaturated/α-hetero) is 1. The monoisotopic (exact) mass is 354 g/mol. The summed E-state index contributed by atoms with van der Waals surface area (Å²) in [6.07, 6.45) is -0.140. The van der Waals surface area contributed by atoms with Gasteiger partial charge in [-0.2, -0.15) is 0 Å². The summed E-state index contributed by atoms with van der Waals surface area (Å²) in [6.45, 7) is 2.60. The van der Waals surface area contributed by atoms with Crippen molar-refractivity contribution in [2.45, 2.75) is 26.7 Å². The molecule has 5 nitrogen and oxygen atoms in total. The number of carbonyl (C=O) groups excluding carboxylic acids is 1. The Kier molecular flexibility index (Phi) is 5.60. The van der Waals surface area contributed by atoms with Crippen molar-refractivity contribution in [3.05, 3.63) is 71.8 Å². The summed E-state index contributed by atoms with van der Waals surface area (Å²) >= 11 is 0. The molecule has 0 aliphatic rings. The first-order valence-corrected chi connectivity index (χ1v) is 8.30. The highest BCUT2D eigenvalue weighted by atomic mass is 16.4. The van der Waals surface area contributed by atoms with E-state index >= 15 is 0 Å². The van der Waals surface area contributed by atoms with Gasteiger partial charge in [0.15, 0.2) is 5.78 Å². The molecule has 136 valence electrons. The Bertz CT molecular complexity index is 732. The molecule has 0 radical (unpaired) electrons. The number of ketones is 1. The molecule has 0 saturated carbocycles. The maximum atomic E-state index is 13.2. The molecule has 2 unspecified atom stereocenters. The Balaban J connectivity index is 2.43. The van der Waals surface area contributed by atoms with Crippen molar-refractivity contribution in [1.29, 1.82) is 0 Å². The average molecular weight is 354 g/mol. The molecule has 0 spiro atoms. The van der Waals surface area contributed by atoms with Crippen molar-refractivity contribution in [2.75, 3.05) is 0 Å². The first-order chi connectivity index (χ1) is 12.2. The van der Waals surface area contributed by atoms with Crippen LogP contribution in [0.2, 0.25) is 0 Å². The predicted molar refractivity (Wildman–Crippen MR) is 96.8 cm³/mol. The van der Waals surface area contributed by atoms with Crippen LogP contribution in [-0.4, -0.2) is 27.9 Å². The highest BCUT2D eigenvalue weighted by molar-refractivity contribution is 6.13. The van der Waals surface area contributed by atoms with Crippen LogP contribution in [0.1, 0.15) is 25.0 Å². The van der Waals surface area contributed by atoms with Crippen LogP contribution in [-0.2, 0) is 27.2 Å². The molecule has 0 saturated heterocycles. The van der Waals surface area contributed by atoms with Gasteiger partial charge >= 0.3 is 11.9 Å². The molecule has 2 atom stereocenters. The lowest BCUT2D eigenvalue weighted by atomic mass is 9.66. The largest absolute Gasteiger partial charge is 0.480 e. The van der Waals surface area contributed by atoms with Crippen LogP contribution in [0.4, 0.5) is 0 Å². The van der Waals surface area contributed by atoms with Crippen LogP contribution in [0.25, 0.3) is 0 Å². The summed E-state index contributed by atoms with van der Waals surface area (Å²) in [7, 11) is 0. The molecule has 0 fully saturated rings. The second kappa shape index (κ2) is 7.52. The molecule has 0 heterocycles. The number of carboxylic acids is 2. The molecule has 0 bridgehead atoms. The van der Waals surface area contributed by atoms with Gasteiger partial charge in [0.2, 0.25) is 0 Å². The predicted octanol–water partition coefficient (Wildman–Crippen LogP) is 3.22. The lowest BCUT2D eigenvalue weighted by Gasteiger charge is -2.33. The molecule has 0 aromatic heterocycles. The molecule has 2 aromatic rings. The topological polar surface area (TPSA) is 91.7 Å². The zero-order valence-electron chi connectivity index (χ0n) is 14.8. The summed E-state index contributed by atoms with van der Waals surface area (Å²) in [5.41, 5.74) is -2.36. The summed E-state index contributed by atoms with van der Waals surface area (Å²) in [6, 6.07) is 17.5. The number of carbonyl (C=O) groups is 3. The second-order valence-electron chi connectivity index (χ2n) is 6.93. The third-order valence-corrected chi connectivity index (χ3v) is 4.75. The molecule has 0 aliphatic carbocycles. The number of carboxylic acid groups (broad SMARTS) is 2. The van der Waals surface area contributed by atoms with Gasteiger partial charge in [-0.05, 0) is 37.8 Å². The fourth-order valence-electron chi connectivity index (χ4n) is 3.12. The van der Waals surface area contributed by atoms with E-state index < -0.39 is 28.6 Å². The van der Waals surface area contributed by atoms with Crippen molar-refractivity contribution in [3.8, 4) is 0 Å². The van der Waals surface area contributed by atoms with Crippen LogP contribution < -0.4 is 0 Å². The van der Waals surface area contributed by atoms with E-state index in [0.717, 1.165) is 0 Å². The van der Waals surface area contributed by atoms with Gasteiger partial charge in [-0.1, -0.05) is 60.7 Å². The Labute approximate surface area is 152 Å². The highest BCUT2D eigenvalue weighted by Gasteiger charge is 2.53. The van der Waals surface area contributed by atoms with Crippen LogP contribution >= 0.6 is 0 Å². The Morgan fingerprint density at radius 3 is 1.27 bits per heavy atom. The van der Waals surface area contributed by atoms with E-state index in [0.29, 0.717) is 11.1 Å². The summed E-state index contributed by atoms with van der Waals surface area (Å²) in [5.74, 6) is -3.46. The fourth-order valence-corrected chi connectivity index (χ4v) is 3.12. The summed E-state index contributed by atoms with van der Waals surface area (Å²) in [4.78, 5) is 37.2. The van der Waals surface area contributed by atoms with Gasteiger partial charge in [-0.25, -0.2) is 0 Å². The van der Waals surface area contributed by atoms with Gasteiger partial charge in [-0.3, -0.25) is 14.4 Å². The lowest BCUT2D eigenvalue weighted by Crippen LogP contribution is -2.51. The molecule has 26 heavy (non-hydrogen) atoms. The molecule has 5 heteroatoms. The van der Waals surface area contributed by atoms with E-state index in [9.17, 15) is 24.6 Å². The quantitative estimate of drug-likeness (QED) is 0.710. The van der Waals surface area contributed by atoms with Crippen LogP contribution in [0.5, 0.6) is 0 Å². The Hall–Kier alpha value is -2.95. The molecule has 0 amide bonds. The standard InChI is InChI=1S/C21H22O5/c1-20(18(23)24,13-15-9-5-3-6-10-15)17(22)21(2,19(25)26)14-16-11-7-4-8-12-16/h3-12H,13-14H2,1-2H3,(H,23,24)(H,25,26). The van der Waals surface area contributed by atoms with Gasteiger partial charge in [0.1, 0.15) is 10.8 Å². The third-order valence-electron chi connectivity index (χ3n) is 4.75. The Morgan fingerprint density at radius 2 is 1.00 bits per heavy atom. The first-order valence-electron chi connectivity index (χ1n) is 8.30. The number of hydrogen-bond acceptors (Lipinski definition) is 3. The smallest absolute Gasteiger partial charge is 0.317 e. The minimum absolute atomic E-state index is 0.0698. The maximum absolute atomic E-state index is 13.2. The molecule has 2 aromatic carbocycles. The van der Waals surface area contributed by atoms with E-state index in [4.69, 9.17) is 0 Å². The molecule has 2 rings (SSSR count).